The van der Waals surface area contributed by atoms with Crippen molar-refractivity contribution in [2.24, 2.45) is 4.99 Å². The molecule has 0 fully saturated rings. The summed E-state index contributed by atoms with van der Waals surface area (Å²) in [5, 5.41) is 11.1. The van der Waals surface area contributed by atoms with Gasteiger partial charge in [0.2, 0.25) is 0 Å². The third-order valence-corrected chi connectivity index (χ3v) is 6.85. The van der Waals surface area contributed by atoms with E-state index >= 15 is 0 Å². The minimum absolute atomic E-state index is 0.0307. The quantitative estimate of drug-likeness (QED) is 0.258. The van der Waals surface area contributed by atoms with E-state index in [9.17, 15) is 23.3 Å². The van der Waals surface area contributed by atoms with Crippen molar-refractivity contribution in [3.63, 3.8) is 0 Å². The summed E-state index contributed by atoms with van der Waals surface area (Å²) >= 11 is 0. The minimum atomic E-state index is -3.67. The Morgan fingerprint density at radius 2 is 1.83 bits per heavy atom. The molecule has 160 valence electrons. The first kappa shape index (κ1) is 23.2. The number of rotatable bonds is 9. The SMILES string of the molecule is CCOC(=O)C(C)(CCc1ccc(/N=C/c2ccccc2[N+](=O)[O-])cc1)S(C)(=O)=O. The second-order valence-corrected chi connectivity index (χ2v) is 9.41. The van der Waals surface area contributed by atoms with Crippen LogP contribution < -0.4 is 0 Å². The van der Waals surface area contributed by atoms with Gasteiger partial charge in [-0.25, -0.2) is 8.42 Å². The lowest BCUT2D eigenvalue weighted by atomic mass is 10.00. The number of benzene rings is 2. The van der Waals surface area contributed by atoms with E-state index in [0.717, 1.165) is 11.8 Å². The van der Waals surface area contributed by atoms with Crippen LogP contribution in [0.15, 0.2) is 53.5 Å². The summed E-state index contributed by atoms with van der Waals surface area (Å²) in [6, 6.07) is 13.3. The van der Waals surface area contributed by atoms with Gasteiger partial charge in [-0.2, -0.15) is 0 Å². The van der Waals surface area contributed by atoms with Crippen LogP contribution >= 0.6 is 0 Å². The largest absolute Gasteiger partial charge is 0.465 e. The molecule has 0 saturated carbocycles. The van der Waals surface area contributed by atoms with Crippen LogP contribution in [-0.4, -0.2) is 43.1 Å². The lowest BCUT2D eigenvalue weighted by Gasteiger charge is -2.25. The van der Waals surface area contributed by atoms with Crippen molar-refractivity contribution in [3.05, 3.63) is 69.8 Å². The minimum Gasteiger partial charge on any atom is -0.465 e. The van der Waals surface area contributed by atoms with E-state index in [1.165, 1.54) is 19.2 Å². The molecule has 1 unspecified atom stereocenters. The van der Waals surface area contributed by atoms with E-state index in [1.54, 1.807) is 49.4 Å². The molecule has 0 spiro atoms. The molecule has 0 aliphatic carbocycles. The molecule has 0 aromatic heterocycles. The summed E-state index contributed by atoms with van der Waals surface area (Å²) in [4.78, 5) is 27.1. The molecule has 0 heterocycles. The zero-order chi connectivity index (χ0) is 22.4. The second kappa shape index (κ2) is 9.62. The van der Waals surface area contributed by atoms with E-state index in [4.69, 9.17) is 4.74 Å². The number of nitro benzene ring substituents is 1. The monoisotopic (exact) mass is 432 g/mol. The highest BCUT2D eigenvalue weighted by Gasteiger charge is 2.44. The van der Waals surface area contributed by atoms with Crippen LogP contribution in [0.4, 0.5) is 11.4 Å². The first-order valence-corrected chi connectivity index (χ1v) is 11.2. The maximum atomic E-state index is 12.2. The van der Waals surface area contributed by atoms with Gasteiger partial charge in [0.1, 0.15) is 0 Å². The Morgan fingerprint density at radius 1 is 1.20 bits per heavy atom. The van der Waals surface area contributed by atoms with Crippen LogP contribution in [0.1, 0.15) is 31.4 Å². The Kier molecular flexibility index (Phi) is 7.44. The number of hydrogen-bond acceptors (Lipinski definition) is 7. The van der Waals surface area contributed by atoms with E-state index in [0.29, 0.717) is 17.7 Å². The molecule has 9 heteroatoms. The van der Waals surface area contributed by atoms with E-state index in [1.807, 2.05) is 0 Å². The average molecular weight is 432 g/mol. The fourth-order valence-corrected chi connectivity index (χ4v) is 3.60. The fourth-order valence-electron chi connectivity index (χ4n) is 2.76. The number of nitrogens with zero attached hydrogens (tertiary/aromatic N) is 2. The number of nitro groups is 1. The summed E-state index contributed by atoms with van der Waals surface area (Å²) in [5.41, 5.74) is 1.79. The first-order valence-electron chi connectivity index (χ1n) is 9.31. The standard InChI is InChI=1S/C21H24N2O6S/c1-4-29-20(24)21(2,30(3,27)28)14-13-16-9-11-18(12-10-16)22-15-17-7-5-6-8-19(17)23(25)26/h5-12,15H,4,13-14H2,1-3H3/b22-15+. The zero-order valence-corrected chi connectivity index (χ0v) is 17.9. The molecule has 0 amide bonds. The Morgan fingerprint density at radius 3 is 2.40 bits per heavy atom. The van der Waals surface area contributed by atoms with Crippen LogP contribution in [0, 0.1) is 10.1 Å². The first-order chi connectivity index (χ1) is 14.1. The zero-order valence-electron chi connectivity index (χ0n) is 17.1. The number of hydrogen-bond donors (Lipinski definition) is 0. The Bertz CT molecular complexity index is 1050. The number of para-hydroxylation sites is 1. The average Bonchev–Trinajstić information content (AvgIpc) is 2.70. The van der Waals surface area contributed by atoms with Crippen molar-refractivity contribution in [2.75, 3.05) is 12.9 Å². The highest BCUT2D eigenvalue weighted by Crippen LogP contribution is 2.26. The van der Waals surface area contributed by atoms with Gasteiger partial charge in [0.25, 0.3) is 5.69 Å². The van der Waals surface area contributed by atoms with Gasteiger partial charge in [0, 0.05) is 18.5 Å². The summed E-state index contributed by atoms with van der Waals surface area (Å²) in [7, 11) is -3.67. The van der Waals surface area contributed by atoms with Gasteiger partial charge < -0.3 is 4.74 Å². The highest BCUT2D eigenvalue weighted by molar-refractivity contribution is 7.92. The summed E-state index contributed by atoms with van der Waals surface area (Å²) in [5.74, 6) is -0.752. The number of sulfone groups is 1. The molecule has 2 aromatic carbocycles. The number of carbonyl (C=O) groups is 1. The Balaban J connectivity index is 2.13. The van der Waals surface area contributed by atoms with Gasteiger partial charge in [-0.05, 0) is 50.5 Å². The summed E-state index contributed by atoms with van der Waals surface area (Å²) in [6.45, 7) is 3.12. The van der Waals surface area contributed by atoms with Crippen molar-refractivity contribution < 1.29 is 22.9 Å². The molecule has 2 rings (SSSR count). The van der Waals surface area contributed by atoms with Crippen molar-refractivity contribution in [3.8, 4) is 0 Å². The molecule has 30 heavy (non-hydrogen) atoms. The molecule has 1 atom stereocenters. The third kappa shape index (κ3) is 5.50. The van der Waals surface area contributed by atoms with Crippen LogP contribution in [0.2, 0.25) is 0 Å². The van der Waals surface area contributed by atoms with E-state index in [2.05, 4.69) is 4.99 Å². The van der Waals surface area contributed by atoms with Gasteiger partial charge in [0.15, 0.2) is 14.6 Å². The third-order valence-electron chi connectivity index (χ3n) is 4.84. The predicted molar refractivity (Wildman–Crippen MR) is 115 cm³/mol. The topological polar surface area (TPSA) is 116 Å². The smallest absolute Gasteiger partial charge is 0.327 e. The lowest BCUT2D eigenvalue weighted by Crippen LogP contribution is -2.44. The molecule has 0 saturated heterocycles. The molecule has 0 N–H and O–H groups in total. The molecule has 2 aromatic rings. The molecular weight excluding hydrogens is 408 g/mol. The Hall–Kier alpha value is -3.07. The molecule has 8 nitrogen and oxygen atoms in total. The molecule has 0 aliphatic heterocycles. The van der Waals surface area contributed by atoms with E-state index in [-0.39, 0.29) is 18.7 Å². The van der Waals surface area contributed by atoms with Crippen LogP contribution in [0.3, 0.4) is 0 Å². The maximum Gasteiger partial charge on any atom is 0.327 e. The van der Waals surface area contributed by atoms with Gasteiger partial charge in [-0.3, -0.25) is 19.9 Å². The maximum absolute atomic E-state index is 12.2. The van der Waals surface area contributed by atoms with Crippen LogP contribution in [0.5, 0.6) is 0 Å². The van der Waals surface area contributed by atoms with Gasteiger partial charge in [-0.1, -0.05) is 24.3 Å². The normalized spacial score (nSPS) is 13.7. The molecular formula is C21H24N2O6S. The predicted octanol–water partition coefficient (Wildman–Crippen LogP) is 3.64. The van der Waals surface area contributed by atoms with Crippen LogP contribution in [0.25, 0.3) is 0 Å². The van der Waals surface area contributed by atoms with Gasteiger partial charge >= 0.3 is 5.97 Å². The fraction of sp³-hybridized carbons (Fsp3) is 0.333. The molecule has 0 aliphatic rings. The van der Waals surface area contributed by atoms with E-state index < -0.39 is 25.5 Å². The van der Waals surface area contributed by atoms with Crippen molar-refractivity contribution >= 4 is 33.4 Å². The number of aliphatic imine (C=N–C) groups is 1. The van der Waals surface area contributed by atoms with Gasteiger partial charge in [-0.15, -0.1) is 0 Å². The number of carbonyl (C=O) groups excluding carboxylic acids is 1. The Labute approximate surface area is 175 Å². The highest BCUT2D eigenvalue weighted by atomic mass is 32.2. The summed E-state index contributed by atoms with van der Waals surface area (Å²) < 4.78 is 27.7. The van der Waals surface area contributed by atoms with Gasteiger partial charge in [0.05, 0.1) is 22.8 Å². The number of ether oxygens (including phenoxy) is 1. The lowest BCUT2D eigenvalue weighted by molar-refractivity contribution is -0.385. The van der Waals surface area contributed by atoms with Crippen LogP contribution in [-0.2, 0) is 25.8 Å². The van der Waals surface area contributed by atoms with Crippen molar-refractivity contribution in [2.45, 2.75) is 31.4 Å². The van der Waals surface area contributed by atoms with Crippen molar-refractivity contribution in [1.29, 1.82) is 0 Å². The molecule has 0 bridgehead atoms. The number of esters is 1. The molecule has 0 radical (unpaired) electrons. The second-order valence-electron chi connectivity index (χ2n) is 6.96. The number of aryl methyl sites for hydroxylation is 1. The summed E-state index contributed by atoms with van der Waals surface area (Å²) in [6.07, 6.45) is 2.90. The van der Waals surface area contributed by atoms with Crippen molar-refractivity contribution in [1.82, 2.24) is 0 Å².